The van der Waals surface area contributed by atoms with Gasteiger partial charge in [0.25, 0.3) is 0 Å². The largest absolute Gasteiger partial charge is 0.437 e. The fourth-order valence-electron chi connectivity index (χ4n) is 1.18. The molecule has 0 N–H and O–H groups in total. The van der Waals surface area contributed by atoms with Crippen molar-refractivity contribution in [3.63, 3.8) is 0 Å². The lowest BCUT2D eigenvalue weighted by Gasteiger charge is -1.97. The van der Waals surface area contributed by atoms with Crippen LogP contribution in [-0.2, 0) is 7.05 Å². The third-order valence-corrected chi connectivity index (χ3v) is 2.12. The molecule has 74 valence electrons. The van der Waals surface area contributed by atoms with Gasteiger partial charge in [-0.05, 0) is 6.92 Å². The van der Waals surface area contributed by atoms with Gasteiger partial charge in [0, 0.05) is 7.05 Å². The van der Waals surface area contributed by atoms with Crippen molar-refractivity contribution in [2.24, 2.45) is 7.05 Å². The molecule has 0 aliphatic carbocycles. The highest BCUT2D eigenvalue weighted by molar-refractivity contribution is 6.20. The van der Waals surface area contributed by atoms with Crippen LogP contribution in [0.4, 0.5) is 0 Å². The minimum Gasteiger partial charge on any atom is -0.437 e. The monoisotopic (exact) mass is 211 g/mol. The van der Waals surface area contributed by atoms with Gasteiger partial charge in [-0.3, -0.25) is 0 Å². The van der Waals surface area contributed by atoms with E-state index in [1.807, 2.05) is 18.5 Å². The average molecular weight is 212 g/mol. The number of aryl methyl sites for hydroxylation is 1. The minimum atomic E-state index is -0.211. The maximum absolute atomic E-state index is 5.84. The third kappa shape index (κ3) is 1.53. The Hall–Kier alpha value is -1.29. The summed E-state index contributed by atoms with van der Waals surface area (Å²) in [5.74, 6) is 1.22. The molecular formula is C9H10ClN3O. The minimum absolute atomic E-state index is 0.211. The smallest absolute Gasteiger partial charge is 0.212 e. The summed E-state index contributed by atoms with van der Waals surface area (Å²) in [7, 11) is 1.90. The van der Waals surface area contributed by atoms with Crippen molar-refractivity contribution in [1.82, 2.24) is 14.5 Å². The molecule has 0 amide bonds. The number of alkyl halides is 1. The Kier molecular flexibility index (Phi) is 2.29. The van der Waals surface area contributed by atoms with Gasteiger partial charge in [0.15, 0.2) is 5.76 Å². The summed E-state index contributed by atoms with van der Waals surface area (Å²) in [5.41, 5.74) is 0.890. The summed E-state index contributed by atoms with van der Waals surface area (Å²) in [6.07, 6.45) is 5.09. The molecule has 1 unspecified atom stereocenters. The topological polar surface area (TPSA) is 43.9 Å². The Morgan fingerprint density at radius 2 is 2.29 bits per heavy atom. The van der Waals surface area contributed by atoms with Crippen LogP contribution in [0.2, 0.25) is 0 Å². The lowest BCUT2D eigenvalue weighted by molar-refractivity contribution is 0.505. The molecule has 0 aliphatic rings. The number of oxazole rings is 1. The number of hydrogen-bond donors (Lipinski definition) is 0. The third-order valence-electron chi connectivity index (χ3n) is 1.93. The summed E-state index contributed by atoms with van der Waals surface area (Å²) < 4.78 is 7.33. The molecule has 4 nitrogen and oxygen atoms in total. The van der Waals surface area contributed by atoms with Crippen LogP contribution in [0.3, 0.4) is 0 Å². The van der Waals surface area contributed by atoms with Crippen molar-refractivity contribution in [1.29, 1.82) is 0 Å². The summed E-state index contributed by atoms with van der Waals surface area (Å²) in [6.45, 7) is 1.82. The van der Waals surface area contributed by atoms with E-state index in [4.69, 9.17) is 16.0 Å². The van der Waals surface area contributed by atoms with Gasteiger partial charge in [-0.25, -0.2) is 9.97 Å². The first-order valence-corrected chi connectivity index (χ1v) is 4.68. The van der Waals surface area contributed by atoms with Crippen molar-refractivity contribution in [2.75, 3.05) is 0 Å². The molecule has 0 saturated carbocycles. The Labute approximate surface area is 86.5 Å². The van der Waals surface area contributed by atoms with Crippen molar-refractivity contribution < 1.29 is 4.42 Å². The first kappa shape index (κ1) is 9.27. The quantitative estimate of drug-likeness (QED) is 0.717. The van der Waals surface area contributed by atoms with Crippen LogP contribution in [0.5, 0.6) is 0 Å². The molecular weight excluding hydrogens is 202 g/mol. The second-order valence-corrected chi connectivity index (χ2v) is 3.72. The van der Waals surface area contributed by atoms with E-state index in [0.29, 0.717) is 11.7 Å². The van der Waals surface area contributed by atoms with Crippen molar-refractivity contribution in [3.8, 4) is 11.5 Å². The van der Waals surface area contributed by atoms with Gasteiger partial charge >= 0.3 is 0 Å². The van der Waals surface area contributed by atoms with Crippen LogP contribution in [0.1, 0.15) is 18.2 Å². The molecule has 0 radical (unpaired) electrons. The van der Waals surface area contributed by atoms with E-state index >= 15 is 0 Å². The van der Waals surface area contributed by atoms with Gasteiger partial charge in [0.1, 0.15) is 11.1 Å². The van der Waals surface area contributed by atoms with Crippen LogP contribution in [0, 0.1) is 0 Å². The van der Waals surface area contributed by atoms with Crippen LogP contribution in [0.25, 0.3) is 11.5 Å². The number of hydrogen-bond acceptors (Lipinski definition) is 3. The van der Waals surface area contributed by atoms with Crippen LogP contribution < -0.4 is 0 Å². The van der Waals surface area contributed by atoms with Gasteiger partial charge in [-0.1, -0.05) is 0 Å². The van der Waals surface area contributed by atoms with Gasteiger partial charge in [0.05, 0.1) is 18.7 Å². The summed E-state index contributed by atoms with van der Waals surface area (Å²) in [5, 5.41) is -0.211. The van der Waals surface area contributed by atoms with Gasteiger partial charge in [-0.2, -0.15) is 0 Å². The summed E-state index contributed by atoms with van der Waals surface area (Å²) >= 11 is 5.84. The van der Waals surface area contributed by atoms with E-state index in [-0.39, 0.29) is 5.38 Å². The predicted molar refractivity (Wildman–Crippen MR) is 53.0 cm³/mol. The number of nitrogens with zero attached hydrogens (tertiary/aromatic N) is 3. The van der Waals surface area contributed by atoms with E-state index in [1.165, 1.54) is 0 Å². The number of aromatic nitrogens is 3. The Morgan fingerprint density at radius 1 is 1.50 bits per heavy atom. The SMILES string of the molecule is CC(Cl)c1ncc(-c2cncn2C)o1. The maximum Gasteiger partial charge on any atom is 0.212 e. The second kappa shape index (κ2) is 3.46. The average Bonchev–Trinajstić information content (AvgIpc) is 2.71. The number of rotatable bonds is 2. The maximum atomic E-state index is 5.84. The zero-order valence-corrected chi connectivity index (χ0v) is 8.69. The van der Waals surface area contributed by atoms with E-state index < -0.39 is 0 Å². The highest BCUT2D eigenvalue weighted by Gasteiger charge is 2.12. The van der Waals surface area contributed by atoms with Crippen molar-refractivity contribution in [2.45, 2.75) is 12.3 Å². The van der Waals surface area contributed by atoms with Crippen LogP contribution in [-0.4, -0.2) is 14.5 Å². The molecule has 0 fully saturated rings. The lowest BCUT2D eigenvalue weighted by atomic mass is 10.4. The van der Waals surface area contributed by atoms with Crippen molar-refractivity contribution in [3.05, 3.63) is 24.6 Å². The molecule has 0 spiro atoms. The van der Waals surface area contributed by atoms with E-state index in [1.54, 1.807) is 18.7 Å². The van der Waals surface area contributed by atoms with E-state index in [0.717, 1.165) is 5.69 Å². The Balaban J connectivity index is 2.39. The second-order valence-electron chi connectivity index (χ2n) is 3.07. The normalized spacial score (nSPS) is 13.1. The highest BCUT2D eigenvalue weighted by Crippen LogP contribution is 2.24. The van der Waals surface area contributed by atoms with Gasteiger partial charge in [-0.15, -0.1) is 11.6 Å². The number of halogens is 1. The molecule has 0 aromatic carbocycles. The Morgan fingerprint density at radius 3 is 2.79 bits per heavy atom. The number of imidazole rings is 1. The molecule has 2 heterocycles. The first-order chi connectivity index (χ1) is 6.68. The van der Waals surface area contributed by atoms with Crippen molar-refractivity contribution >= 4 is 11.6 Å². The molecule has 2 aromatic rings. The molecule has 0 saturated heterocycles. The molecule has 5 heteroatoms. The molecule has 2 aromatic heterocycles. The molecule has 14 heavy (non-hydrogen) atoms. The van der Waals surface area contributed by atoms with E-state index in [9.17, 15) is 0 Å². The standard InChI is InChI=1S/C9H10ClN3O/c1-6(10)9-12-4-8(14-9)7-3-11-5-13(7)2/h3-6H,1-2H3. The van der Waals surface area contributed by atoms with Gasteiger partial charge < -0.3 is 8.98 Å². The zero-order chi connectivity index (χ0) is 10.1. The van der Waals surface area contributed by atoms with E-state index in [2.05, 4.69) is 9.97 Å². The van der Waals surface area contributed by atoms with Crippen LogP contribution >= 0.6 is 11.6 Å². The highest BCUT2D eigenvalue weighted by atomic mass is 35.5. The fraction of sp³-hybridized carbons (Fsp3) is 0.333. The van der Waals surface area contributed by atoms with Crippen LogP contribution in [0.15, 0.2) is 23.1 Å². The fourth-order valence-corrected chi connectivity index (χ4v) is 1.29. The molecule has 2 rings (SSSR count). The molecule has 0 bridgehead atoms. The summed E-state index contributed by atoms with van der Waals surface area (Å²) in [6, 6.07) is 0. The Bertz CT molecular complexity index is 433. The molecule has 0 aliphatic heterocycles. The molecule has 1 atom stereocenters. The lowest BCUT2D eigenvalue weighted by Crippen LogP contribution is -1.87. The first-order valence-electron chi connectivity index (χ1n) is 4.25. The predicted octanol–water partition coefficient (Wildman–Crippen LogP) is 2.37. The zero-order valence-electron chi connectivity index (χ0n) is 7.94. The van der Waals surface area contributed by atoms with Gasteiger partial charge in [0.2, 0.25) is 5.89 Å². The summed E-state index contributed by atoms with van der Waals surface area (Å²) in [4.78, 5) is 8.07.